The van der Waals surface area contributed by atoms with Crippen LogP contribution in [0.1, 0.15) is 142 Å². The van der Waals surface area contributed by atoms with Crippen molar-refractivity contribution in [2.24, 2.45) is 69.0 Å². The Kier molecular flexibility index (Phi) is 9.28. The van der Waals surface area contributed by atoms with Crippen LogP contribution in [0.4, 0.5) is 0 Å². The summed E-state index contributed by atoms with van der Waals surface area (Å²) in [7, 11) is 0. The van der Waals surface area contributed by atoms with Crippen LogP contribution in [-0.2, 0) is 9.59 Å². The molecule has 4 nitrogen and oxygen atoms in total. The first-order valence-electron chi connectivity index (χ1n) is 22.1. The Morgan fingerprint density at radius 3 is 1.78 bits per heavy atom. The summed E-state index contributed by atoms with van der Waals surface area (Å²) >= 11 is 0. The van der Waals surface area contributed by atoms with E-state index >= 15 is 0 Å². The van der Waals surface area contributed by atoms with E-state index in [1.165, 1.54) is 36.8 Å². The highest BCUT2D eigenvalue weighted by Gasteiger charge is 2.62. The van der Waals surface area contributed by atoms with Crippen molar-refractivity contribution in [3.05, 3.63) is 70.8 Å². The molecule has 0 spiro atoms. The van der Waals surface area contributed by atoms with Crippen LogP contribution < -0.4 is 0 Å². The minimum atomic E-state index is -0.188. The summed E-state index contributed by atoms with van der Waals surface area (Å²) in [6.45, 7) is 9.83. The lowest BCUT2D eigenvalue weighted by atomic mass is 9.45. The third kappa shape index (κ3) is 5.72. The van der Waals surface area contributed by atoms with Gasteiger partial charge in [0.15, 0.2) is 11.6 Å². The maximum absolute atomic E-state index is 14.0. The molecular formula is C50H66O4. The second-order valence-electron chi connectivity index (χ2n) is 20.7. The molecule has 0 amide bonds. The molecule has 8 aliphatic rings. The van der Waals surface area contributed by atoms with E-state index in [2.05, 4.69) is 64.1 Å². The summed E-state index contributed by atoms with van der Waals surface area (Å²) < 4.78 is 0. The van der Waals surface area contributed by atoms with Gasteiger partial charge in [0.1, 0.15) is 0 Å². The third-order valence-electron chi connectivity index (χ3n) is 18.7. The van der Waals surface area contributed by atoms with Gasteiger partial charge in [0.2, 0.25) is 0 Å². The number of carbonyl (C=O) groups is 2. The Bertz CT molecular complexity index is 1780. The number of carbonyl (C=O) groups excluding carboxylic acids is 2. The second kappa shape index (κ2) is 13.5. The minimum Gasteiger partial charge on any atom is -0.393 e. The average Bonchev–Trinajstić information content (AvgIpc) is 3.70. The highest BCUT2D eigenvalue weighted by Crippen LogP contribution is 2.68. The topological polar surface area (TPSA) is 74.6 Å². The molecule has 0 bridgehead atoms. The van der Waals surface area contributed by atoms with Gasteiger partial charge >= 0.3 is 0 Å². The zero-order valence-electron chi connectivity index (χ0n) is 33.6. The summed E-state index contributed by atoms with van der Waals surface area (Å²) in [4.78, 5) is 27.9. The molecule has 6 fully saturated rings. The molecule has 0 radical (unpaired) electrons. The molecule has 0 aliphatic heterocycles. The molecule has 9 unspecified atom stereocenters. The number of aliphatic hydroxyl groups is 2. The van der Waals surface area contributed by atoms with Crippen LogP contribution in [0, 0.1) is 69.0 Å². The summed E-state index contributed by atoms with van der Waals surface area (Å²) in [6, 6.07) is 8.33. The van der Waals surface area contributed by atoms with Gasteiger partial charge in [-0.25, -0.2) is 0 Å². The van der Waals surface area contributed by atoms with Gasteiger partial charge in [-0.2, -0.15) is 0 Å². The number of allylic oxidation sites excluding steroid dienone is 4. The summed E-state index contributed by atoms with van der Waals surface area (Å²) in [6.07, 6.45) is 29.4. The number of ketones is 2. The van der Waals surface area contributed by atoms with Gasteiger partial charge in [0.05, 0.1) is 12.2 Å². The number of fused-ring (bicyclic) bond motifs is 10. The Hall–Kier alpha value is -2.56. The fourth-order valence-electron chi connectivity index (χ4n) is 15.6. The minimum absolute atomic E-state index is 0.0391. The predicted molar refractivity (Wildman–Crippen MR) is 217 cm³/mol. The van der Waals surface area contributed by atoms with Crippen molar-refractivity contribution in [3.8, 4) is 0 Å². The first-order valence-corrected chi connectivity index (χ1v) is 22.1. The first kappa shape index (κ1) is 37.0. The summed E-state index contributed by atoms with van der Waals surface area (Å²) in [5, 5.41) is 20.8. The number of benzene rings is 1. The zero-order valence-corrected chi connectivity index (χ0v) is 33.6. The summed E-state index contributed by atoms with van der Waals surface area (Å²) in [5.41, 5.74) is 5.58. The fourth-order valence-corrected chi connectivity index (χ4v) is 15.6. The second-order valence-corrected chi connectivity index (χ2v) is 20.7. The Morgan fingerprint density at radius 2 is 1.13 bits per heavy atom. The quantitative estimate of drug-likeness (QED) is 0.226. The van der Waals surface area contributed by atoms with E-state index in [9.17, 15) is 19.8 Å². The highest BCUT2D eigenvalue weighted by atomic mass is 16.3. The van der Waals surface area contributed by atoms with Crippen molar-refractivity contribution < 1.29 is 19.8 Å². The number of hydrogen-bond donors (Lipinski definition) is 2. The molecular weight excluding hydrogens is 665 g/mol. The van der Waals surface area contributed by atoms with Gasteiger partial charge in [-0.3, -0.25) is 9.59 Å². The zero-order chi connectivity index (χ0) is 37.6. The van der Waals surface area contributed by atoms with Crippen molar-refractivity contribution in [3.63, 3.8) is 0 Å². The maximum Gasteiger partial charge on any atom is 0.159 e. The lowest BCUT2D eigenvalue weighted by Crippen LogP contribution is -2.53. The Balaban J connectivity index is 0.839. The lowest BCUT2D eigenvalue weighted by molar-refractivity contribution is -0.129. The van der Waals surface area contributed by atoms with Crippen molar-refractivity contribution in [1.82, 2.24) is 0 Å². The van der Waals surface area contributed by atoms with Crippen LogP contribution in [-0.4, -0.2) is 34.0 Å². The molecule has 0 heterocycles. The number of hydrogen-bond acceptors (Lipinski definition) is 4. The number of aliphatic hydroxyl groups excluding tert-OH is 2. The average molecular weight is 731 g/mol. The molecule has 0 aromatic heterocycles. The van der Waals surface area contributed by atoms with Crippen LogP contribution in [0.3, 0.4) is 0 Å². The lowest BCUT2D eigenvalue weighted by Gasteiger charge is -2.59. The van der Waals surface area contributed by atoms with E-state index in [1.54, 1.807) is 0 Å². The van der Waals surface area contributed by atoms with Crippen molar-refractivity contribution >= 4 is 23.7 Å². The standard InChI is InChI=1S/C50H66O4/c1-47-26-23-36(51)29-34(47)11-15-38-39-19-20-43(49(39,3)28-25-40(38)47)45(53)21-9-31-5-7-32(8-6-31)10-22-46(54)44-18-13-33-12-16-41-42(50(33,44)4)17-14-35-30-37(52)24-27-48(35,41)2/h5-11,14,21-22,33,36-44,51-52H,12-13,15-20,23-30H2,1-4H3/b21-9+,22-10+/t33?,36?,37-,38?,39?,40?,41?,42?,43?,44?,47-,48-,49-,50-/m0/s1. The van der Waals surface area contributed by atoms with Crippen molar-refractivity contribution in [1.29, 1.82) is 0 Å². The number of rotatable bonds is 6. The molecule has 0 saturated heterocycles. The van der Waals surface area contributed by atoms with Gasteiger partial charge in [-0.05, 0) is 183 Å². The van der Waals surface area contributed by atoms with E-state index in [-0.39, 0.29) is 45.7 Å². The molecule has 1 aromatic carbocycles. The van der Waals surface area contributed by atoms with Crippen molar-refractivity contribution in [2.75, 3.05) is 0 Å². The fraction of sp³-hybridized carbons (Fsp3) is 0.680. The molecule has 2 N–H and O–H groups in total. The highest BCUT2D eigenvalue weighted by molar-refractivity contribution is 5.97. The molecule has 4 heteroatoms. The molecule has 9 rings (SSSR count). The van der Waals surface area contributed by atoms with Gasteiger partial charge in [-0.1, -0.05) is 87.4 Å². The third-order valence-corrected chi connectivity index (χ3v) is 18.7. The Labute approximate surface area is 325 Å². The van der Waals surface area contributed by atoms with E-state index in [0.717, 1.165) is 88.2 Å². The van der Waals surface area contributed by atoms with Gasteiger partial charge < -0.3 is 10.2 Å². The molecule has 6 saturated carbocycles. The first-order chi connectivity index (χ1) is 25.8. The smallest absolute Gasteiger partial charge is 0.159 e. The van der Waals surface area contributed by atoms with Crippen molar-refractivity contribution in [2.45, 2.75) is 143 Å². The van der Waals surface area contributed by atoms with E-state index in [0.29, 0.717) is 47.1 Å². The van der Waals surface area contributed by atoms with Crippen LogP contribution in [0.15, 0.2) is 59.7 Å². The molecule has 1 aromatic rings. The normalized spacial score (nSPS) is 46.8. The van der Waals surface area contributed by atoms with E-state index in [1.807, 2.05) is 24.3 Å². The van der Waals surface area contributed by atoms with Crippen LogP contribution >= 0.6 is 0 Å². The van der Waals surface area contributed by atoms with Gasteiger partial charge in [0.25, 0.3) is 0 Å². The van der Waals surface area contributed by atoms with E-state index < -0.39 is 0 Å². The molecule has 54 heavy (non-hydrogen) atoms. The van der Waals surface area contributed by atoms with Gasteiger partial charge in [0, 0.05) is 11.8 Å². The molecule has 290 valence electrons. The Morgan fingerprint density at radius 1 is 0.593 bits per heavy atom. The summed E-state index contributed by atoms with van der Waals surface area (Å²) in [5.74, 6) is 4.50. The molecule has 8 aliphatic carbocycles. The molecule has 14 atom stereocenters. The van der Waals surface area contributed by atoms with Gasteiger partial charge in [-0.15, -0.1) is 0 Å². The van der Waals surface area contributed by atoms with E-state index in [4.69, 9.17) is 0 Å². The van der Waals surface area contributed by atoms with Crippen LogP contribution in [0.25, 0.3) is 12.2 Å². The predicted octanol–water partition coefficient (Wildman–Crippen LogP) is 10.7. The monoisotopic (exact) mass is 730 g/mol. The largest absolute Gasteiger partial charge is 0.393 e. The maximum atomic E-state index is 14.0. The van der Waals surface area contributed by atoms with Crippen LogP contribution in [0.5, 0.6) is 0 Å². The van der Waals surface area contributed by atoms with Crippen LogP contribution in [0.2, 0.25) is 0 Å². The SMILES string of the molecule is C[C@]12CCC3C(CC=C4CC(O)CC[C@@]43C)C1CCC2C(=O)/C=C/c1ccc(/C=C/C(=O)C2CCC3CCC4C(CC=C5C[C@@H](O)CC[C@@]54C)[C@]32C)cc1.